The SMILES string of the molecule is COc1ccc(CN(C)S(=O)(=O)c2cnc(NCc3ccc(S(F)(F)(F)(F)F)cc3)c(Br)c2)cc1. The molecule has 35 heavy (non-hydrogen) atoms. The first-order chi connectivity index (χ1) is 16.0. The van der Waals surface area contributed by atoms with Gasteiger partial charge in [-0.2, -0.15) is 4.31 Å². The molecule has 0 unspecified atom stereocenters. The van der Waals surface area contributed by atoms with Crippen molar-refractivity contribution in [2.45, 2.75) is 22.9 Å². The van der Waals surface area contributed by atoms with Crippen molar-refractivity contribution in [3.63, 3.8) is 0 Å². The molecule has 192 valence electrons. The number of sulfonamides is 1. The summed E-state index contributed by atoms with van der Waals surface area (Å²) in [5, 5.41) is 2.83. The lowest BCUT2D eigenvalue weighted by molar-refractivity contribution is 0.364. The van der Waals surface area contributed by atoms with Crippen LogP contribution in [0.1, 0.15) is 11.1 Å². The Bertz CT molecular complexity index is 1320. The largest absolute Gasteiger partial charge is 0.497 e. The minimum atomic E-state index is -9.73. The second-order valence-corrected chi connectivity index (χ2v) is 12.9. The molecule has 0 saturated carbocycles. The Morgan fingerprint density at radius 1 is 1.00 bits per heavy atom. The van der Waals surface area contributed by atoms with Crippen LogP contribution in [0.15, 0.2) is 75.1 Å². The maximum Gasteiger partial charge on any atom is 0.310 e. The lowest BCUT2D eigenvalue weighted by Gasteiger charge is -2.40. The predicted octanol–water partition coefficient (Wildman–Crippen LogP) is 6.94. The molecule has 2 aromatic carbocycles. The number of nitrogens with one attached hydrogen (secondary N) is 1. The summed E-state index contributed by atoms with van der Waals surface area (Å²) in [6.45, 7) is 0.0780. The molecule has 0 spiro atoms. The van der Waals surface area contributed by atoms with Gasteiger partial charge in [0.2, 0.25) is 10.0 Å². The van der Waals surface area contributed by atoms with E-state index in [2.05, 4.69) is 26.2 Å². The van der Waals surface area contributed by atoms with E-state index < -0.39 is 25.1 Å². The second-order valence-electron chi connectivity index (χ2n) is 7.58. The molecule has 0 radical (unpaired) electrons. The van der Waals surface area contributed by atoms with Crippen LogP contribution in [-0.4, -0.2) is 31.9 Å². The molecule has 3 aromatic rings. The van der Waals surface area contributed by atoms with Crippen LogP contribution < -0.4 is 10.1 Å². The Morgan fingerprint density at radius 3 is 2.09 bits per heavy atom. The molecule has 0 amide bonds. The molecule has 0 fully saturated rings. The first-order valence-corrected chi connectivity index (χ1v) is 14.0. The van der Waals surface area contributed by atoms with Crippen molar-refractivity contribution in [1.29, 1.82) is 0 Å². The second kappa shape index (κ2) is 8.91. The summed E-state index contributed by atoms with van der Waals surface area (Å²) in [4.78, 5) is 2.03. The zero-order chi connectivity index (χ0) is 26.1. The number of hydrogen-bond acceptors (Lipinski definition) is 5. The highest BCUT2D eigenvalue weighted by Gasteiger charge is 2.65. The van der Waals surface area contributed by atoms with Crippen molar-refractivity contribution >= 4 is 42.0 Å². The smallest absolute Gasteiger partial charge is 0.310 e. The molecule has 0 aliphatic heterocycles. The maximum absolute atomic E-state index is 12.9. The van der Waals surface area contributed by atoms with Crippen molar-refractivity contribution < 1.29 is 32.6 Å². The standard InChI is InChI=1S/C21H21BrF5N3O3S2/c1-30(14-16-3-7-17(33-2)8-4-16)34(31,32)18-11-20(22)21(29-13-18)28-12-15-5-9-19(10-6-15)35(23,24,25,26)27/h3-11,13H,12,14H2,1-2H3,(H,28,29). The number of halogens is 6. The highest BCUT2D eigenvalue weighted by Crippen LogP contribution is 3.02. The number of pyridine rings is 1. The molecule has 1 aromatic heterocycles. The summed E-state index contributed by atoms with van der Waals surface area (Å²) in [6.07, 6.45) is 1.14. The Kier molecular flexibility index (Phi) is 6.92. The molecule has 1 N–H and O–H groups in total. The Morgan fingerprint density at radius 2 is 1.57 bits per heavy atom. The predicted molar refractivity (Wildman–Crippen MR) is 129 cm³/mol. The number of aromatic nitrogens is 1. The average Bonchev–Trinajstić information content (AvgIpc) is 2.77. The molecule has 0 aliphatic carbocycles. The fourth-order valence-electron chi connectivity index (χ4n) is 2.99. The van der Waals surface area contributed by atoms with Crippen LogP contribution in [0.2, 0.25) is 0 Å². The number of hydrogen-bond donors (Lipinski definition) is 1. The van der Waals surface area contributed by atoms with E-state index in [4.69, 9.17) is 4.74 Å². The van der Waals surface area contributed by atoms with Gasteiger partial charge >= 0.3 is 10.2 Å². The first-order valence-electron chi connectivity index (χ1n) is 9.81. The van der Waals surface area contributed by atoms with Gasteiger partial charge in [0.05, 0.1) is 11.6 Å². The van der Waals surface area contributed by atoms with E-state index in [1.54, 1.807) is 24.3 Å². The monoisotopic (exact) mass is 601 g/mol. The summed E-state index contributed by atoms with van der Waals surface area (Å²) in [6, 6.07) is 10.8. The zero-order valence-electron chi connectivity index (χ0n) is 18.4. The van der Waals surface area contributed by atoms with Gasteiger partial charge in [-0.3, -0.25) is 0 Å². The number of anilines is 1. The minimum Gasteiger partial charge on any atom is -0.497 e. The van der Waals surface area contributed by atoms with Gasteiger partial charge in [-0.15, -0.1) is 0 Å². The highest BCUT2D eigenvalue weighted by atomic mass is 79.9. The van der Waals surface area contributed by atoms with Crippen molar-refractivity contribution in [3.05, 3.63) is 76.4 Å². The summed E-state index contributed by atoms with van der Waals surface area (Å²) in [5.74, 6) is 0.865. The zero-order valence-corrected chi connectivity index (χ0v) is 21.6. The van der Waals surface area contributed by atoms with Gasteiger partial charge in [-0.25, -0.2) is 13.4 Å². The number of benzene rings is 2. The van der Waals surface area contributed by atoms with E-state index in [1.807, 2.05) is 0 Å². The van der Waals surface area contributed by atoms with Crippen LogP contribution in [-0.2, 0) is 23.1 Å². The Hall–Kier alpha value is -2.42. The molecule has 0 aliphatic rings. The van der Waals surface area contributed by atoms with Gasteiger partial charge in [0.15, 0.2) is 0 Å². The van der Waals surface area contributed by atoms with E-state index >= 15 is 0 Å². The molecule has 0 atom stereocenters. The van der Waals surface area contributed by atoms with Crippen molar-refractivity contribution in [3.8, 4) is 5.75 Å². The van der Waals surface area contributed by atoms with Gasteiger partial charge in [0.25, 0.3) is 0 Å². The van der Waals surface area contributed by atoms with Crippen LogP contribution in [0.4, 0.5) is 25.2 Å². The fourth-order valence-corrected chi connectivity index (χ4v) is 5.42. The first kappa shape index (κ1) is 27.2. The number of ether oxygens (including phenoxy) is 1. The lowest BCUT2D eigenvalue weighted by Crippen LogP contribution is -2.26. The van der Waals surface area contributed by atoms with Crippen LogP contribution in [0.5, 0.6) is 5.75 Å². The van der Waals surface area contributed by atoms with Gasteiger partial charge in [-0.1, -0.05) is 43.7 Å². The third-order valence-corrected chi connectivity index (χ3v) is 8.45. The quantitative estimate of drug-likeness (QED) is 0.269. The van der Waals surface area contributed by atoms with Crippen molar-refractivity contribution in [2.24, 2.45) is 0 Å². The van der Waals surface area contributed by atoms with E-state index in [0.29, 0.717) is 27.9 Å². The third kappa shape index (κ3) is 6.84. The van der Waals surface area contributed by atoms with Crippen molar-refractivity contribution in [2.75, 3.05) is 19.5 Å². The normalized spacial score (nSPS) is 14.3. The van der Waals surface area contributed by atoms with Gasteiger partial charge < -0.3 is 10.1 Å². The van der Waals surface area contributed by atoms with Gasteiger partial charge in [-0.05, 0) is 57.4 Å². The van der Waals surface area contributed by atoms with Crippen LogP contribution in [0.25, 0.3) is 0 Å². The molecular weight excluding hydrogens is 581 g/mol. The molecule has 1 heterocycles. The van der Waals surface area contributed by atoms with E-state index in [-0.39, 0.29) is 23.8 Å². The van der Waals surface area contributed by atoms with Crippen LogP contribution >= 0.6 is 26.2 Å². The van der Waals surface area contributed by atoms with Crippen LogP contribution in [0.3, 0.4) is 0 Å². The number of methoxy groups -OCH3 is 1. The molecule has 0 saturated heterocycles. The molecule has 6 nitrogen and oxygen atoms in total. The summed E-state index contributed by atoms with van der Waals surface area (Å²) < 4.78 is 96.6. The molecular formula is C21H21BrF5N3O3S2. The highest BCUT2D eigenvalue weighted by molar-refractivity contribution is 9.10. The summed E-state index contributed by atoms with van der Waals surface area (Å²) in [5.41, 5.74) is 1.04. The Labute approximate surface area is 208 Å². The number of nitrogens with zero attached hydrogens (tertiary/aromatic N) is 2. The minimum absolute atomic E-state index is 0.0321. The topological polar surface area (TPSA) is 71.5 Å². The Balaban J connectivity index is 1.69. The number of rotatable bonds is 9. The van der Waals surface area contributed by atoms with Crippen molar-refractivity contribution in [1.82, 2.24) is 9.29 Å². The molecule has 3 rings (SSSR count). The maximum atomic E-state index is 12.9. The van der Waals surface area contributed by atoms with E-state index in [9.17, 15) is 27.8 Å². The third-order valence-electron chi connectivity index (χ3n) is 4.92. The van der Waals surface area contributed by atoms with Gasteiger partial charge in [0, 0.05) is 26.3 Å². The van der Waals surface area contributed by atoms with Crippen LogP contribution in [0, 0.1) is 0 Å². The summed E-state index contributed by atoms with van der Waals surface area (Å²) >= 11 is 3.23. The van der Waals surface area contributed by atoms with E-state index in [1.165, 1.54) is 20.2 Å². The average molecular weight is 602 g/mol. The molecule has 14 heteroatoms. The lowest BCUT2D eigenvalue weighted by atomic mass is 10.2. The van der Waals surface area contributed by atoms with E-state index in [0.717, 1.165) is 28.2 Å². The summed E-state index contributed by atoms with van der Waals surface area (Å²) in [7, 11) is -10.7. The fraction of sp³-hybridized carbons (Fsp3) is 0.190. The van der Waals surface area contributed by atoms with Gasteiger partial charge in [0.1, 0.15) is 21.4 Å². The molecule has 0 bridgehead atoms.